The lowest BCUT2D eigenvalue weighted by atomic mass is 10.1. The van der Waals surface area contributed by atoms with Crippen LogP contribution in [0, 0.1) is 11.8 Å². The Morgan fingerprint density at radius 3 is 1.36 bits per heavy atom. The smallest absolute Gasteiger partial charge is 0.410 e. The van der Waals surface area contributed by atoms with Gasteiger partial charge >= 0.3 is 12.2 Å². The quantitative estimate of drug-likeness (QED) is 0.226. The maximum absolute atomic E-state index is 12.2. The average Bonchev–Trinajstić information content (AvgIpc) is 3.53. The first-order chi connectivity index (χ1) is 20.8. The molecule has 2 aliphatic heterocycles. The fourth-order valence-corrected chi connectivity index (χ4v) is 7.06. The number of aromatic nitrogens is 4. The fraction of sp³-hybridized carbons (Fsp3) is 0.562. The standard InChI is InChI=1S/2C16H23N3O2S/c2*1-5-7-12-10-19(15(20)21-16(2,3)4)11-13(12)22-14-17-8-6-9-18-14/h2*5-6,8-9,12-13H,1,7,10-11H2,2-4H3/t2*12-,13-/m10/s1. The van der Waals surface area contributed by atoms with Crippen molar-refractivity contribution in [2.24, 2.45) is 11.8 Å². The Morgan fingerprint density at radius 2 is 1.07 bits per heavy atom. The molecule has 0 aromatic carbocycles. The normalized spacial score (nSPS) is 21.7. The van der Waals surface area contributed by atoms with E-state index in [1.165, 1.54) is 0 Å². The van der Waals surface area contributed by atoms with Gasteiger partial charge in [-0.2, -0.15) is 0 Å². The lowest BCUT2D eigenvalue weighted by Gasteiger charge is -2.24. The van der Waals surface area contributed by atoms with Crippen molar-refractivity contribution in [2.45, 2.75) is 86.4 Å². The summed E-state index contributed by atoms with van der Waals surface area (Å²) in [5.74, 6) is 0.692. The van der Waals surface area contributed by atoms with Crippen LogP contribution in [0.2, 0.25) is 0 Å². The van der Waals surface area contributed by atoms with Gasteiger partial charge < -0.3 is 19.3 Å². The highest BCUT2D eigenvalue weighted by molar-refractivity contribution is 8.00. The zero-order valence-electron chi connectivity index (χ0n) is 26.7. The van der Waals surface area contributed by atoms with Gasteiger partial charge in [-0.1, -0.05) is 35.7 Å². The number of carbonyl (C=O) groups is 2. The molecule has 0 saturated carbocycles. The molecule has 4 atom stereocenters. The molecule has 240 valence electrons. The third-order valence-corrected chi connectivity index (χ3v) is 9.12. The molecule has 2 aromatic rings. The van der Waals surface area contributed by atoms with E-state index in [1.807, 2.05) is 53.7 Å². The van der Waals surface area contributed by atoms with Crippen LogP contribution < -0.4 is 0 Å². The second kappa shape index (κ2) is 16.3. The maximum atomic E-state index is 12.2. The van der Waals surface area contributed by atoms with E-state index in [1.54, 1.807) is 70.2 Å². The molecule has 44 heavy (non-hydrogen) atoms. The molecule has 0 unspecified atom stereocenters. The van der Waals surface area contributed by atoms with Gasteiger partial charge in [0, 0.05) is 61.5 Å². The van der Waals surface area contributed by atoms with Crippen LogP contribution in [0.25, 0.3) is 0 Å². The highest BCUT2D eigenvalue weighted by Gasteiger charge is 2.38. The van der Waals surface area contributed by atoms with Crippen LogP contribution in [-0.2, 0) is 9.47 Å². The zero-order valence-corrected chi connectivity index (χ0v) is 28.4. The summed E-state index contributed by atoms with van der Waals surface area (Å²) in [6.07, 6.45) is 12.0. The Balaban J connectivity index is 0.000000240. The summed E-state index contributed by atoms with van der Waals surface area (Å²) >= 11 is 3.24. The van der Waals surface area contributed by atoms with Crippen molar-refractivity contribution in [3.8, 4) is 0 Å². The number of ether oxygens (including phenoxy) is 2. The molecule has 2 aliphatic rings. The summed E-state index contributed by atoms with van der Waals surface area (Å²) in [4.78, 5) is 45.1. The monoisotopic (exact) mass is 642 g/mol. The molecule has 2 fully saturated rings. The number of hydrogen-bond donors (Lipinski definition) is 0. The molecule has 2 amide bonds. The minimum absolute atomic E-state index is 0.251. The number of rotatable bonds is 8. The van der Waals surface area contributed by atoms with Crippen LogP contribution in [0.3, 0.4) is 0 Å². The number of allylic oxidation sites excluding steroid dienone is 2. The van der Waals surface area contributed by atoms with E-state index in [9.17, 15) is 9.59 Å². The van der Waals surface area contributed by atoms with Crippen LogP contribution in [0.1, 0.15) is 54.4 Å². The molecular formula is C32H46N6O4S2. The molecule has 0 bridgehead atoms. The van der Waals surface area contributed by atoms with Gasteiger partial charge in [-0.05, 0) is 78.4 Å². The van der Waals surface area contributed by atoms with Crippen molar-refractivity contribution in [1.82, 2.24) is 29.7 Å². The number of amides is 2. The second-order valence-electron chi connectivity index (χ2n) is 12.7. The summed E-state index contributed by atoms with van der Waals surface area (Å²) < 4.78 is 10.9. The van der Waals surface area contributed by atoms with Crippen LogP contribution >= 0.6 is 23.5 Å². The van der Waals surface area contributed by atoms with Gasteiger partial charge in [-0.3, -0.25) is 0 Å². The Morgan fingerprint density at radius 1 is 0.727 bits per heavy atom. The lowest BCUT2D eigenvalue weighted by molar-refractivity contribution is 0.0278. The van der Waals surface area contributed by atoms with Crippen LogP contribution in [0.5, 0.6) is 0 Å². The molecular weight excluding hydrogens is 597 g/mol. The average molecular weight is 643 g/mol. The van der Waals surface area contributed by atoms with E-state index in [2.05, 4.69) is 33.1 Å². The lowest BCUT2D eigenvalue weighted by Crippen LogP contribution is -2.35. The van der Waals surface area contributed by atoms with E-state index in [0.717, 1.165) is 23.2 Å². The maximum Gasteiger partial charge on any atom is 0.410 e. The Labute approximate surface area is 270 Å². The number of carbonyl (C=O) groups excluding carboxylic acids is 2. The minimum Gasteiger partial charge on any atom is -0.444 e. The van der Waals surface area contributed by atoms with Crippen molar-refractivity contribution in [2.75, 3.05) is 26.2 Å². The van der Waals surface area contributed by atoms with Gasteiger partial charge in [0.1, 0.15) is 11.2 Å². The van der Waals surface area contributed by atoms with E-state index >= 15 is 0 Å². The van der Waals surface area contributed by atoms with Crippen LogP contribution in [0.15, 0.2) is 72.5 Å². The zero-order chi connectivity index (χ0) is 32.3. The fourth-order valence-electron chi connectivity index (χ4n) is 4.75. The molecule has 12 heteroatoms. The molecule has 2 saturated heterocycles. The van der Waals surface area contributed by atoms with E-state index < -0.39 is 11.2 Å². The van der Waals surface area contributed by atoms with Gasteiger partial charge in [-0.15, -0.1) is 13.2 Å². The molecule has 10 nitrogen and oxygen atoms in total. The molecule has 0 N–H and O–H groups in total. The molecule has 0 aliphatic carbocycles. The number of likely N-dealkylation sites (tertiary alicyclic amines) is 2. The first-order valence-corrected chi connectivity index (χ1v) is 16.6. The van der Waals surface area contributed by atoms with E-state index in [0.29, 0.717) is 38.0 Å². The second-order valence-corrected chi connectivity index (χ2v) is 15.1. The largest absolute Gasteiger partial charge is 0.444 e. The first-order valence-electron chi connectivity index (χ1n) is 14.8. The summed E-state index contributed by atoms with van der Waals surface area (Å²) in [5, 5.41) is 2.00. The van der Waals surface area contributed by atoms with E-state index in [-0.39, 0.29) is 22.7 Å². The highest BCUT2D eigenvalue weighted by atomic mass is 32.2. The van der Waals surface area contributed by atoms with Gasteiger partial charge in [0.2, 0.25) is 0 Å². The molecule has 2 aromatic heterocycles. The summed E-state index contributed by atoms with van der Waals surface area (Å²) in [6, 6.07) is 3.60. The van der Waals surface area contributed by atoms with Gasteiger partial charge in [-0.25, -0.2) is 29.5 Å². The third-order valence-electron chi connectivity index (χ3n) is 6.60. The van der Waals surface area contributed by atoms with Crippen LogP contribution in [0.4, 0.5) is 9.59 Å². The first kappa shape index (κ1) is 35.4. The predicted octanol–water partition coefficient (Wildman–Crippen LogP) is 6.76. The van der Waals surface area contributed by atoms with Crippen molar-refractivity contribution in [3.05, 3.63) is 62.2 Å². The molecule has 4 rings (SSSR count). The Hall–Kier alpha value is -3.12. The van der Waals surface area contributed by atoms with Gasteiger partial charge in [0.25, 0.3) is 0 Å². The third kappa shape index (κ3) is 11.8. The van der Waals surface area contributed by atoms with Crippen molar-refractivity contribution in [3.63, 3.8) is 0 Å². The summed E-state index contributed by atoms with van der Waals surface area (Å²) in [5.41, 5.74) is -0.947. The van der Waals surface area contributed by atoms with Crippen molar-refractivity contribution in [1.29, 1.82) is 0 Å². The molecule has 4 heterocycles. The number of nitrogens with zero attached hydrogens (tertiary/aromatic N) is 6. The predicted molar refractivity (Wildman–Crippen MR) is 176 cm³/mol. The molecule has 0 radical (unpaired) electrons. The van der Waals surface area contributed by atoms with Crippen molar-refractivity contribution >= 4 is 35.7 Å². The highest BCUT2D eigenvalue weighted by Crippen LogP contribution is 2.35. The summed E-state index contributed by atoms with van der Waals surface area (Å²) in [7, 11) is 0. The van der Waals surface area contributed by atoms with Crippen LogP contribution in [-0.4, -0.2) is 89.8 Å². The Bertz CT molecular complexity index is 1130. The van der Waals surface area contributed by atoms with Gasteiger partial charge in [0.15, 0.2) is 10.3 Å². The summed E-state index contributed by atoms with van der Waals surface area (Å²) in [6.45, 7) is 21.6. The van der Waals surface area contributed by atoms with E-state index in [4.69, 9.17) is 9.47 Å². The SMILES string of the molecule is C=CC[C@@H]1CN(C(=O)OC(C)(C)C)C[C@H]1Sc1ncccn1.C=CC[C@H]1CN(C(=O)OC(C)(C)C)C[C@@H]1Sc1ncccn1. The minimum atomic E-state index is -0.473. The number of hydrogen-bond acceptors (Lipinski definition) is 10. The topological polar surface area (TPSA) is 111 Å². The Kier molecular flexibility index (Phi) is 13.1. The molecule has 0 spiro atoms. The number of thioether (sulfide) groups is 2. The van der Waals surface area contributed by atoms with Gasteiger partial charge in [0.05, 0.1) is 0 Å². The van der Waals surface area contributed by atoms with Crippen molar-refractivity contribution < 1.29 is 19.1 Å².